The molecule has 1 heterocycles. The minimum atomic E-state index is -3.86. The Bertz CT molecular complexity index is 1160. The van der Waals surface area contributed by atoms with Gasteiger partial charge in [-0.25, -0.2) is 13.1 Å². The van der Waals surface area contributed by atoms with Gasteiger partial charge in [-0.2, -0.15) is 5.10 Å². The number of benzene rings is 2. The molecule has 29 heavy (non-hydrogen) atoms. The van der Waals surface area contributed by atoms with E-state index in [2.05, 4.69) is 10.4 Å². The predicted octanol–water partition coefficient (Wildman–Crippen LogP) is 3.28. The molecule has 3 aromatic rings. The third-order valence-electron chi connectivity index (χ3n) is 4.60. The van der Waals surface area contributed by atoms with Crippen LogP contribution in [0.25, 0.3) is 0 Å². The van der Waals surface area contributed by atoms with Crippen LogP contribution in [0.1, 0.15) is 11.1 Å². The first-order valence-corrected chi connectivity index (χ1v) is 11.5. The van der Waals surface area contributed by atoms with Crippen LogP contribution in [0.15, 0.2) is 63.3 Å². The van der Waals surface area contributed by atoms with E-state index in [4.69, 9.17) is 5.73 Å². The van der Waals surface area contributed by atoms with Gasteiger partial charge in [0.25, 0.3) is 0 Å². The summed E-state index contributed by atoms with van der Waals surface area (Å²) in [6.45, 7) is 3.68. The van der Waals surface area contributed by atoms with Gasteiger partial charge in [0.1, 0.15) is 22.3 Å². The number of anilines is 2. The highest BCUT2D eigenvalue weighted by Crippen LogP contribution is 2.33. The standard InChI is InChI=1S/C20H22N4O3S2/c1-13-8-7-11-16(14(13)2)22-17(25)12-24-19(21)18(20(23-24)28-3)29(26,27)15-9-5-4-6-10-15/h4-11H,12,21H2,1-3H3,(H,22,25). The summed E-state index contributed by atoms with van der Waals surface area (Å²) in [4.78, 5) is 12.6. The van der Waals surface area contributed by atoms with E-state index >= 15 is 0 Å². The minimum Gasteiger partial charge on any atom is -0.383 e. The SMILES string of the molecule is CSc1nn(CC(=O)Nc2cccc(C)c2C)c(N)c1S(=O)(=O)c1ccccc1. The van der Waals surface area contributed by atoms with Gasteiger partial charge in [0, 0.05) is 5.69 Å². The van der Waals surface area contributed by atoms with E-state index in [1.807, 2.05) is 32.0 Å². The fourth-order valence-corrected chi connectivity index (χ4v) is 5.32. The number of aryl methyl sites for hydroxylation is 1. The van der Waals surface area contributed by atoms with E-state index in [9.17, 15) is 13.2 Å². The van der Waals surface area contributed by atoms with Gasteiger partial charge in [-0.3, -0.25) is 4.79 Å². The Hall–Kier alpha value is -2.78. The van der Waals surface area contributed by atoms with Gasteiger partial charge in [-0.15, -0.1) is 11.8 Å². The molecule has 3 rings (SSSR count). The van der Waals surface area contributed by atoms with Crippen molar-refractivity contribution in [2.75, 3.05) is 17.3 Å². The molecule has 0 aliphatic heterocycles. The summed E-state index contributed by atoms with van der Waals surface area (Å²) >= 11 is 1.16. The normalized spacial score (nSPS) is 11.4. The second kappa shape index (κ2) is 8.30. The average molecular weight is 431 g/mol. The number of aromatic nitrogens is 2. The summed E-state index contributed by atoms with van der Waals surface area (Å²) in [5.74, 6) is -0.404. The van der Waals surface area contributed by atoms with Crippen LogP contribution in [-0.2, 0) is 21.2 Å². The summed E-state index contributed by atoms with van der Waals surface area (Å²) in [5.41, 5.74) is 8.85. The van der Waals surface area contributed by atoms with Crippen LogP contribution in [0.3, 0.4) is 0 Å². The van der Waals surface area contributed by atoms with Crippen LogP contribution in [-0.4, -0.2) is 30.4 Å². The monoisotopic (exact) mass is 430 g/mol. The number of nitrogen functional groups attached to an aromatic ring is 1. The lowest BCUT2D eigenvalue weighted by Crippen LogP contribution is -2.21. The second-order valence-electron chi connectivity index (χ2n) is 6.49. The first kappa shape index (κ1) is 20.9. The van der Waals surface area contributed by atoms with Crippen LogP contribution in [0, 0.1) is 13.8 Å². The molecule has 0 atom stereocenters. The maximum Gasteiger partial charge on any atom is 0.246 e. The Morgan fingerprint density at radius 3 is 2.48 bits per heavy atom. The summed E-state index contributed by atoms with van der Waals surface area (Å²) in [5, 5.41) is 7.34. The molecular weight excluding hydrogens is 408 g/mol. The highest BCUT2D eigenvalue weighted by atomic mass is 32.2. The number of carbonyl (C=O) groups excluding carboxylic acids is 1. The number of nitrogens with two attached hydrogens (primary N) is 1. The van der Waals surface area contributed by atoms with Crippen LogP contribution < -0.4 is 11.1 Å². The lowest BCUT2D eigenvalue weighted by atomic mass is 10.1. The van der Waals surface area contributed by atoms with E-state index in [0.29, 0.717) is 5.69 Å². The molecule has 1 aromatic heterocycles. The van der Waals surface area contributed by atoms with E-state index in [-0.39, 0.29) is 33.1 Å². The average Bonchev–Trinajstić information content (AvgIpc) is 3.02. The fourth-order valence-electron chi connectivity index (χ4n) is 2.87. The highest BCUT2D eigenvalue weighted by Gasteiger charge is 2.29. The molecule has 152 valence electrons. The first-order chi connectivity index (χ1) is 13.8. The number of nitrogens with zero attached hydrogens (tertiary/aromatic N) is 2. The molecule has 0 fully saturated rings. The van der Waals surface area contributed by atoms with Crippen molar-refractivity contribution in [2.24, 2.45) is 0 Å². The number of rotatable bonds is 6. The van der Waals surface area contributed by atoms with Crippen LogP contribution in [0.2, 0.25) is 0 Å². The van der Waals surface area contributed by atoms with Gasteiger partial charge in [0.05, 0.1) is 4.90 Å². The maximum absolute atomic E-state index is 13.1. The lowest BCUT2D eigenvalue weighted by Gasteiger charge is -2.11. The van der Waals surface area contributed by atoms with Gasteiger partial charge in [-0.05, 0) is 49.4 Å². The number of thioether (sulfide) groups is 1. The highest BCUT2D eigenvalue weighted by molar-refractivity contribution is 7.99. The molecule has 7 nitrogen and oxygen atoms in total. The molecule has 0 saturated carbocycles. The molecule has 0 aliphatic rings. The Morgan fingerprint density at radius 2 is 1.83 bits per heavy atom. The third kappa shape index (κ3) is 4.15. The summed E-state index contributed by atoms with van der Waals surface area (Å²) < 4.78 is 27.3. The van der Waals surface area contributed by atoms with Gasteiger partial charge in [0.15, 0.2) is 0 Å². The minimum absolute atomic E-state index is 0.0608. The van der Waals surface area contributed by atoms with Gasteiger partial charge < -0.3 is 11.1 Å². The smallest absolute Gasteiger partial charge is 0.246 e. The van der Waals surface area contributed by atoms with Crippen LogP contribution in [0.5, 0.6) is 0 Å². The van der Waals surface area contributed by atoms with Crippen molar-refractivity contribution in [3.63, 3.8) is 0 Å². The second-order valence-corrected chi connectivity index (χ2v) is 9.17. The van der Waals surface area contributed by atoms with Crippen molar-refractivity contribution in [3.8, 4) is 0 Å². The molecule has 3 N–H and O–H groups in total. The van der Waals surface area contributed by atoms with Crippen molar-refractivity contribution in [3.05, 3.63) is 59.7 Å². The molecule has 0 spiro atoms. The summed E-state index contributed by atoms with van der Waals surface area (Å²) in [6, 6.07) is 13.7. The van der Waals surface area contributed by atoms with Gasteiger partial charge in [-0.1, -0.05) is 30.3 Å². The summed E-state index contributed by atoms with van der Waals surface area (Å²) in [6.07, 6.45) is 1.71. The van der Waals surface area contributed by atoms with E-state index in [0.717, 1.165) is 22.9 Å². The molecule has 0 bridgehead atoms. The zero-order valence-corrected chi connectivity index (χ0v) is 18.0. The molecule has 9 heteroatoms. The molecular formula is C20H22N4O3S2. The molecule has 0 unspecified atom stereocenters. The van der Waals surface area contributed by atoms with Crippen LogP contribution >= 0.6 is 11.8 Å². The quantitative estimate of drug-likeness (QED) is 0.581. The van der Waals surface area contributed by atoms with Crippen molar-refractivity contribution in [2.45, 2.75) is 35.2 Å². The number of hydrogen-bond donors (Lipinski definition) is 2. The van der Waals surface area contributed by atoms with Crippen molar-refractivity contribution in [1.29, 1.82) is 0 Å². The van der Waals surface area contributed by atoms with E-state index in [1.54, 1.807) is 24.5 Å². The molecule has 1 amide bonds. The van der Waals surface area contributed by atoms with Crippen molar-refractivity contribution < 1.29 is 13.2 Å². The Morgan fingerprint density at radius 1 is 1.14 bits per heavy atom. The van der Waals surface area contributed by atoms with Crippen LogP contribution in [0.4, 0.5) is 11.5 Å². The maximum atomic E-state index is 13.1. The van der Waals surface area contributed by atoms with Gasteiger partial charge in [0.2, 0.25) is 15.7 Å². The van der Waals surface area contributed by atoms with Crippen molar-refractivity contribution in [1.82, 2.24) is 9.78 Å². The van der Waals surface area contributed by atoms with E-state index in [1.165, 1.54) is 16.8 Å². The number of sulfone groups is 1. The third-order valence-corrected chi connectivity index (χ3v) is 7.24. The largest absolute Gasteiger partial charge is 0.383 e. The van der Waals surface area contributed by atoms with E-state index < -0.39 is 9.84 Å². The van der Waals surface area contributed by atoms with Crippen molar-refractivity contribution >= 4 is 39.0 Å². The zero-order chi connectivity index (χ0) is 21.2. The predicted molar refractivity (Wildman–Crippen MR) is 115 cm³/mol. The fraction of sp³-hybridized carbons (Fsp3) is 0.200. The number of amides is 1. The molecule has 0 aliphatic carbocycles. The first-order valence-electron chi connectivity index (χ1n) is 8.82. The molecule has 0 saturated heterocycles. The molecule has 2 aromatic carbocycles. The number of hydrogen-bond acceptors (Lipinski definition) is 6. The summed E-state index contributed by atoms with van der Waals surface area (Å²) in [7, 11) is -3.86. The lowest BCUT2D eigenvalue weighted by molar-refractivity contribution is -0.116. The Labute approximate surface area is 174 Å². The number of nitrogens with one attached hydrogen (secondary N) is 1. The Kier molecular flexibility index (Phi) is 5.99. The molecule has 0 radical (unpaired) electrons. The topological polar surface area (TPSA) is 107 Å². The number of carbonyl (C=O) groups is 1. The Balaban J connectivity index is 1.92. The van der Waals surface area contributed by atoms with Gasteiger partial charge >= 0.3 is 0 Å². The zero-order valence-electron chi connectivity index (χ0n) is 16.3.